The molecule has 0 bridgehead atoms. The molecule has 4 rings (SSSR count). The number of nitrogens with zero attached hydrogens (tertiary/aromatic N) is 4. The minimum atomic E-state index is -2.83. The second kappa shape index (κ2) is 7.81. The molecule has 7 nitrogen and oxygen atoms in total. The summed E-state index contributed by atoms with van der Waals surface area (Å²) in [6.07, 6.45) is 5.50. The highest BCUT2D eigenvalue weighted by Gasteiger charge is 2.20. The molecule has 0 amide bonds. The average Bonchev–Trinajstić information content (AvgIpc) is 2.69. The first-order chi connectivity index (χ1) is 13.5. The summed E-state index contributed by atoms with van der Waals surface area (Å²) in [7, 11) is -2.83. The lowest BCUT2D eigenvalue weighted by atomic mass is 10.0. The van der Waals surface area contributed by atoms with E-state index in [4.69, 9.17) is 0 Å². The van der Waals surface area contributed by atoms with Crippen LogP contribution < -0.4 is 5.32 Å². The summed E-state index contributed by atoms with van der Waals surface area (Å²) in [6, 6.07) is 8.13. The van der Waals surface area contributed by atoms with Crippen molar-refractivity contribution in [2.45, 2.75) is 6.92 Å². The highest BCUT2D eigenvalue weighted by Crippen LogP contribution is 2.25. The summed E-state index contributed by atoms with van der Waals surface area (Å²) in [5, 5.41) is 4.22. The van der Waals surface area contributed by atoms with Crippen molar-refractivity contribution in [2.75, 3.05) is 43.0 Å². The number of rotatable bonds is 5. The van der Waals surface area contributed by atoms with Crippen molar-refractivity contribution in [3.05, 3.63) is 48.4 Å². The van der Waals surface area contributed by atoms with E-state index in [0.29, 0.717) is 25.6 Å². The van der Waals surface area contributed by atoms with Crippen LogP contribution in [0.2, 0.25) is 0 Å². The SMILES string of the molecule is Cc1ccncc1-c1ccc2nc(NCCN3CCS(=O)(=O)CC3)ncc2c1. The lowest BCUT2D eigenvalue weighted by Crippen LogP contribution is -2.42. The van der Waals surface area contributed by atoms with Crippen molar-refractivity contribution < 1.29 is 8.42 Å². The Morgan fingerprint density at radius 3 is 2.75 bits per heavy atom. The Balaban J connectivity index is 1.41. The van der Waals surface area contributed by atoms with Crippen LogP contribution in [-0.4, -0.2) is 66.0 Å². The van der Waals surface area contributed by atoms with Gasteiger partial charge in [0.15, 0.2) is 9.84 Å². The van der Waals surface area contributed by atoms with Crippen molar-refractivity contribution in [1.29, 1.82) is 0 Å². The van der Waals surface area contributed by atoms with Gasteiger partial charge in [-0.15, -0.1) is 0 Å². The van der Waals surface area contributed by atoms with Gasteiger partial charge in [-0.3, -0.25) is 9.88 Å². The highest BCUT2D eigenvalue weighted by molar-refractivity contribution is 7.91. The largest absolute Gasteiger partial charge is 0.353 e. The molecule has 1 aliphatic rings. The molecule has 0 saturated carbocycles. The summed E-state index contributed by atoms with van der Waals surface area (Å²) >= 11 is 0. The Morgan fingerprint density at radius 2 is 1.96 bits per heavy atom. The van der Waals surface area contributed by atoms with E-state index in [-0.39, 0.29) is 11.5 Å². The fourth-order valence-electron chi connectivity index (χ4n) is 3.35. The quantitative estimate of drug-likeness (QED) is 0.706. The number of hydrogen-bond acceptors (Lipinski definition) is 7. The maximum atomic E-state index is 11.5. The molecule has 0 atom stereocenters. The number of fused-ring (bicyclic) bond motifs is 1. The highest BCUT2D eigenvalue weighted by atomic mass is 32.2. The summed E-state index contributed by atoms with van der Waals surface area (Å²) in [6.45, 7) is 4.72. The van der Waals surface area contributed by atoms with Gasteiger partial charge in [-0.25, -0.2) is 18.4 Å². The van der Waals surface area contributed by atoms with Gasteiger partial charge < -0.3 is 5.32 Å². The van der Waals surface area contributed by atoms with Crippen LogP contribution in [0.15, 0.2) is 42.9 Å². The summed E-state index contributed by atoms with van der Waals surface area (Å²) in [5.41, 5.74) is 4.27. The molecule has 1 aliphatic heterocycles. The van der Waals surface area contributed by atoms with Gasteiger partial charge in [0.1, 0.15) is 0 Å². The fourth-order valence-corrected chi connectivity index (χ4v) is 4.63. The van der Waals surface area contributed by atoms with Gasteiger partial charge in [-0.1, -0.05) is 6.07 Å². The van der Waals surface area contributed by atoms with Crippen LogP contribution in [0.5, 0.6) is 0 Å². The monoisotopic (exact) mass is 397 g/mol. The summed E-state index contributed by atoms with van der Waals surface area (Å²) in [5.74, 6) is 1.08. The second-order valence-corrected chi connectivity index (χ2v) is 9.38. The third-order valence-corrected chi connectivity index (χ3v) is 6.69. The number of nitrogens with one attached hydrogen (secondary N) is 1. The van der Waals surface area contributed by atoms with E-state index >= 15 is 0 Å². The summed E-state index contributed by atoms with van der Waals surface area (Å²) < 4.78 is 23.0. The number of anilines is 1. The molecule has 1 aromatic carbocycles. The Hall–Kier alpha value is -2.58. The molecule has 3 aromatic rings. The molecular formula is C20H23N5O2S. The molecule has 1 saturated heterocycles. The minimum absolute atomic E-state index is 0.248. The molecule has 0 unspecified atom stereocenters. The standard InChI is InChI=1S/C20H23N5O2S/c1-15-4-5-21-14-18(15)16-2-3-19-17(12-16)13-23-20(24-19)22-6-7-25-8-10-28(26,27)11-9-25/h2-5,12-14H,6-11H2,1H3,(H,22,23,24). The molecule has 2 aromatic heterocycles. The van der Waals surface area contributed by atoms with Gasteiger partial charge in [0.25, 0.3) is 0 Å². The number of aromatic nitrogens is 3. The second-order valence-electron chi connectivity index (χ2n) is 7.08. The van der Waals surface area contributed by atoms with Gasteiger partial charge in [-0.05, 0) is 36.2 Å². The van der Waals surface area contributed by atoms with Crippen LogP contribution in [0.1, 0.15) is 5.56 Å². The van der Waals surface area contributed by atoms with Crippen LogP contribution in [0.3, 0.4) is 0 Å². The number of aryl methyl sites for hydroxylation is 1. The number of sulfone groups is 1. The van der Waals surface area contributed by atoms with Crippen LogP contribution in [0, 0.1) is 6.92 Å². The fraction of sp³-hybridized carbons (Fsp3) is 0.350. The molecule has 146 valence electrons. The molecule has 1 fully saturated rings. The first kappa shape index (κ1) is 18.8. The van der Waals surface area contributed by atoms with E-state index in [1.54, 1.807) is 6.20 Å². The zero-order valence-electron chi connectivity index (χ0n) is 15.8. The normalized spacial score (nSPS) is 16.9. The van der Waals surface area contributed by atoms with Crippen molar-refractivity contribution in [3.8, 4) is 11.1 Å². The lowest BCUT2D eigenvalue weighted by molar-refractivity contribution is 0.307. The predicted octanol–water partition coefficient (Wildman–Crippen LogP) is 2.14. The molecule has 0 spiro atoms. The van der Waals surface area contributed by atoms with Crippen LogP contribution in [0.4, 0.5) is 5.95 Å². The van der Waals surface area contributed by atoms with Crippen molar-refractivity contribution in [1.82, 2.24) is 19.9 Å². The zero-order chi connectivity index (χ0) is 19.6. The average molecular weight is 398 g/mol. The number of pyridine rings is 1. The van der Waals surface area contributed by atoms with E-state index in [9.17, 15) is 8.42 Å². The van der Waals surface area contributed by atoms with Crippen molar-refractivity contribution in [2.24, 2.45) is 0 Å². The Morgan fingerprint density at radius 1 is 1.14 bits per heavy atom. The van der Waals surface area contributed by atoms with Crippen LogP contribution in [0.25, 0.3) is 22.0 Å². The van der Waals surface area contributed by atoms with Gasteiger partial charge in [0.05, 0.1) is 17.0 Å². The van der Waals surface area contributed by atoms with Gasteiger partial charge in [0, 0.05) is 55.7 Å². The first-order valence-electron chi connectivity index (χ1n) is 9.35. The van der Waals surface area contributed by atoms with Crippen molar-refractivity contribution in [3.63, 3.8) is 0 Å². The predicted molar refractivity (Wildman–Crippen MR) is 111 cm³/mol. The summed E-state index contributed by atoms with van der Waals surface area (Å²) in [4.78, 5) is 15.4. The smallest absolute Gasteiger partial charge is 0.223 e. The van der Waals surface area contributed by atoms with E-state index in [0.717, 1.165) is 28.6 Å². The molecule has 28 heavy (non-hydrogen) atoms. The number of hydrogen-bond donors (Lipinski definition) is 1. The maximum absolute atomic E-state index is 11.5. The number of benzene rings is 1. The van der Waals surface area contributed by atoms with Gasteiger partial charge in [0.2, 0.25) is 5.95 Å². The lowest BCUT2D eigenvalue weighted by Gasteiger charge is -2.26. The molecular weight excluding hydrogens is 374 g/mol. The Kier molecular flexibility index (Phi) is 5.23. The first-order valence-corrected chi connectivity index (χ1v) is 11.2. The van der Waals surface area contributed by atoms with Crippen LogP contribution >= 0.6 is 0 Å². The van der Waals surface area contributed by atoms with E-state index in [2.05, 4.69) is 44.2 Å². The molecule has 1 N–H and O–H groups in total. The third-order valence-electron chi connectivity index (χ3n) is 5.08. The topological polar surface area (TPSA) is 88.1 Å². The zero-order valence-corrected chi connectivity index (χ0v) is 16.6. The van der Waals surface area contributed by atoms with E-state index in [1.165, 1.54) is 5.56 Å². The van der Waals surface area contributed by atoms with Gasteiger partial charge in [-0.2, -0.15) is 0 Å². The minimum Gasteiger partial charge on any atom is -0.353 e. The van der Waals surface area contributed by atoms with E-state index < -0.39 is 9.84 Å². The Labute approximate surface area is 164 Å². The molecule has 3 heterocycles. The maximum Gasteiger partial charge on any atom is 0.223 e. The van der Waals surface area contributed by atoms with Crippen LogP contribution in [-0.2, 0) is 9.84 Å². The molecule has 8 heteroatoms. The molecule has 0 radical (unpaired) electrons. The molecule has 0 aliphatic carbocycles. The third kappa shape index (κ3) is 4.28. The van der Waals surface area contributed by atoms with E-state index in [1.807, 2.05) is 24.5 Å². The van der Waals surface area contributed by atoms with Crippen molar-refractivity contribution >= 4 is 26.7 Å². The van der Waals surface area contributed by atoms with Gasteiger partial charge >= 0.3 is 0 Å². The Bertz CT molecular complexity index is 1090.